The second-order valence-corrected chi connectivity index (χ2v) is 6.03. The van der Waals surface area contributed by atoms with Crippen LogP contribution in [0.4, 0.5) is 0 Å². The number of benzene rings is 1. The average Bonchev–Trinajstić information content (AvgIpc) is 2.83. The number of nitrogens with two attached hydrogens (primary N) is 1. The molecule has 0 fully saturated rings. The summed E-state index contributed by atoms with van der Waals surface area (Å²) in [6.07, 6.45) is 1.19. The Labute approximate surface area is 117 Å². The molecule has 108 valence electrons. The van der Waals surface area contributed by atoms with Crippen LogP contribution in [0.1, 0.15) is 10.4 Å². The number of primary sulfonamides is 1. The standard InChI is InChI=1S/C12H9N3O5S/c13-21(19,20)5-1-2-8-6(3-5)9-7(12(17)18)4-14-10(9)11(16)15-8/h1-4,14H,(H,15,16)(H,17,18)(H2,13,19,20). The number of nitrogens with one attached hydrogen (secondary N) is 2. The van der Waals surface area contributed by atoms with Crippen LogP contribution in [0.25, 0.3) is 21.8 Å². The summed E-state index contributed by atoms with van der Waals surface area (Å²) in [5.74, 6) is -1.23. The van der Waals surface area contributed by atoms with E-state index in [9.17, 15) is 23.1 Å². The molecule has 5 N–H and O–H groups in total. The SMILES string of the molecule is NS(=O)(=O)c1ccc2[nH]c(=O)c3[nH]cc(C(=O)O)c3c2c1. The van der Waals surface area contributed by atoms with Crippen molar-refractivity contribution in [2.24, 2.45) is 5.14 Å². The van der Waals surface area contributed by atoms with Crippen molar-refractivity contribution in [2.45, 2.75) is 4.90 Å². The number of H-pyrrole nitrogens is 2. The first-order valence-corrected chi connectivity index (χ1v) is 7.27. The zero-order valence-corrected chi connectivity index (χ0v) is 11.2. The van der Waals surface area contributed by atoms with E-state index in [-0.39, 0.29) is 26.7 Å². The van der Waals surface area contributed by atoms with Gasteiger partial charge < -0.3 is 15.1 Å². The average molecular weight is 307 g/mol. The van der Waals surface area contributed by atoms with Gasteiger partial charge in [-0.25, -0.2) is 18.4 Å². The first-order chi connectivity index (χ1) is 9.79. The number of hydrogen-bond acceptors (Lipinski definition) is 4. The van der Waals surface area contributed by atoms with Crippen LogP contribution in [-0.4, -0.2) is 29.5 Å². The van der Waals surface area contributed by atoms with Gasteiger partial charge >= 0.3 is 5.97 Å². The number of fused-ring (bicyclic) bond motifs is 3. The lowest BCUT2D eigenvalue weighted by Gasteiger charge is -2.04. The normalized spacial score (nSPS) is 12.0. The molecule has 0 aliphatic carbocycles. The number of carboxylic acids is 1. The number of rotatable bonds is 2. The second-order valence-electron chi connectivity index (χ2n) is 4.46. The minimum absolute atomic E-state index is 0.0615. The Morgan fingerprint density at radius 1 is 1.29 bits per heavy atom. The van der Waals surface area contributed by atoms with Gasteiger partial charge in [-0.05, 0) is 18.2 Å². The highest BCUT2D eigenvalue weighted by molar-refractivity contribution is 7.89. The lowest BCUT2D eigenvalue weighted by Crippen LogP contribution is -2.13. The molecule has 3 rings (SSSR count). The van der Waals surface area contributed by atoms with Crippen molar-refractivity contribution in [2.75, 3.05) is 0 Å². The van der Waals surface area contributed by atoms with E-state index in [0.29, 0.717) is 5.52 Å². The van der Waals surface area contributed by atoms with E-state index >= 15 is 0 Å². The maximum absolute atomic E-state index is 11.9. The Bertz CT molecular complexity index is 1060. The largest absolute Gasteiger partial charge is 0.478 e. The number of aromatic amines is 2. The van der Waals surface area contributed by atoms with Gasteiger partial charge in [-0.15, -0.1) is 0 Å². The molecule has 0 spiro atoms. The van der Waals surface area contributed by atoms with Gasteiger partial charge in [0.25, 0.3) is 5.56 Å². The Kier molecular flexibility index (Phi) is 2.65. The lowest BCUT2D eigenvalue weighted by molar-refractivity contribution is 0.0699. The fourth-order valence-electron chi connectivity index (χ4n) is 2.25. The van der Waals surface area contributed by atoms with Crippen LogP contribution in [0.5, 0.6) is 0 Å². The van der Waals surface area contributed by atoms with Gasteiger partial charge in [-0.1, -0.05) is 0 Å². The van der Waals surface area contributed by atoms with Crippen LogP contribution in [0.3, 0.4) is 0 Å². The Morgan fingerprint density at radius 2 is 2.00 bits per heavy atom. The smallest absolute Gasteiger partial charge is 0.337 e. The van der Waals surface area contributed by atoms with Crippen molar-refractivity contribution in [3.63, 3.8) is 0 Å². The summed E-state index contributed by atoms with van der Waals surface area (Å²) < 4.78 is 22.8. The van der Waals surface area contributed by atoms with Gasteiger partial charge in [0, 0.05) is 22.5 Å². The van der Waals surface area contributed by atoms with Crippen LogP contribution >= 0.6 is 0 Å². The number of pyridine rings is 1. The molecular weight excluding hydrogens is 298 g/mol. The molecule has 8 nitrogen and oxygen atoms in total. The molecule has 9 heteroatoms. The minimum Gasteiger partial charge on any atom is -0.478 e. The monoisotopic (exact) mass is 307 g/mol. The Morgan fingerprint density at radius 3 is 2.62 bits per heavy atom. The highest BCUT2D eigenvalue weighted by Gasteiger charge is 2.18. The first-order valence-electron chi connectivity index (χ1n) is 5.72. The maximum Gasteiger partial charge on any atom is 0.337 e. The van der Waals surface area contributed by atoms with Crippen LogP contribution in [0.2, 0.25) is 0 Å². The number of aromatic carboxylic acids is 1. The minimum atomic E-state index is -3.94. The number of sulfonamides is 1. The summed E-state index contributed by atoms with van der Waals surface area (Å²) in [5.41, 5.74) is -0.227. The molecule has 2 aromatic heterocycles. The van der Waals surface area contributed by atoms with Gasteiger partial charge in [0.15, 0.2) is 0 Å². The molecule has 0 saturated carbocycles. The molecule has 0 unspecified atom stereocenters. The predicted molar refractivity (Wildman–Crippen MR) is 74.8 cm³/mol. The zero-order valence-electron chi connectivity index (χ0n) is 10.4. The summed E-state index contributed by atoms with van der Waals surface area (Å²) >= 11 is 0. The molecule has 0 radical (unpaired) electrons. The van der Waals surface area contributed by atoms with Crippen LogP contribution in [0.15, 0.2) is 34.1 Å². The molecule has 1 aromatic carbocycles. The van der Waals surface area contributed by atoms with Crippen molar-refractivity contribution in [3.8, 4) is 0 Å². The van der Waals surface area contributed by atoms with Crippen LogP contribution < -0.4 is 10.7 Å². The number of carbonyl (C=O) groups is 1. The van der Waals surface area contributed by atoms with Crippen molar-refractivity contribution in [1.29, 1.82) is 0 Å². The third-order valence-electron chi connectivity index (χ3n) is 3.17. The molecular formula is C12H9N3O5S. The first kappa shape index (κ1) is 13.3. The van der Waals surface area contributed by atoms with Crippen molar-refractivity contribution in [3.05, 3.63) is 40.3 Å². The van der Waals surface area contributed by atoms with E-state index in [1.54, 1.807) is 0 Å². The number of hydrogen-bond donors (Lipinski definition) is 4. The van der Waals surface area contributed by atoms with E-state index in [4.69, 9.17) is 5.14 Å². The molecule has 3 aromatic rings. The Balaban J connectivity index is 2.58. The summed E-state index contributed by atoms with van der Waals surface area (Å²) in [7, 11) is -3.94. The van der Waals surface area contributed by atoms with E-state index in [1.165, 1.54) is 24.4 Å². The Hall–Kier alpha value is -2.65. The topological polar surface area (TPSA) is 146 Å². The quantitative estimate of drug-likeness (QED) is 0.539. The molecule has 2 heterocycles. The molecule has 0 aliphatic rings. The van der Waals surface area contributed by atoms with Gasteiger partial charge in [-0.2, -0.15) is 0 Å². The molecule has 21 heavy (non-hydrogen) atoms. The number of carboxylic acid groups (broad SMARTS) is 1. The van der Waals surface area contributed by atoms with Crippen LogP contribution in [-0.2, 0) is 10.0 Å². The number of aromatic nitrogens is 2. The van der Waals surface area contributed by atoms with E-state index in [1.807, 2.05) is 0 Å². The molecule has 0 aliphatic heterocycles. The summed E-state index contributed by atoms with van der Waals surface area (Å²) in [5, 5.41) is 14.7. The lowest BCUT2D eigenvalue weighted by atomic mass is 10.1. The predicted octanol–water partition coefficient (Wildman–Crippen LogP) is 0.355. The van der Waals surface area contributed by atoms with Gasteiger partial charge in [0.2, 0.25) is 10.0 Å². The third-order valence-corrected chi connectivity index (χ3v) is 4.09. The van der Waals surface area contributed by atoms with E-state index in [0.717, 1.165) is 0 Å². The zero-order chi connectivity index (χ0) is 15.4. The van der Waals surface area contributed by atoms with Gasteiger partial charge in [0.1, 0.15) is 5.52 Å². The van der Waals surface area contributed by atoms with E-state index < -0.39 is 21.6 Å². The second kappa shape index (κ2) is 4.17. The highest BCUT2D eigenvalue weighted by Crippen LogP contribution is 2.26. The van der Waals surface area contributed by atoms with E-state index in [2.05, 4.69) is 9.97 Å². The summed E-state index contributed by atoms with van der Waals surface area (Å²) in [6, 6.07) is 3.85. The molecule has 0 atom stereocenters. The summed E-state index contributed by atoms with van der Waals surface area (Å²) in [4.78, 5) is 28.1. The highest BCUT2D eigenvalue weighted by atomic mass is 32.2. The molecule has 0 amide bonds. The van der Waals surface area contributed by atoms with Crippen molar-refractivity contribution < 1.29 is 18.3 Å². The van der Waals surface area contributed by atoms with Crippen LogP contribution in [0, 0.1) is 0 Å². The molecule has 0 bridgehead atoms. The summed E-state index contributed by atoms with van der Waals surface area (Å²) in [6.45, 7) is 0. The maximum atomic E-state index is 11.9. The van der Waals surface area contributed by atoms with Gasteiger partial charge in [0.05, 0.1) is 10.5 Å². The third kappa shape index (κ3) is 1.99. The molecule has 0 saturated heterocycles. The van der Waals surface area contributed by atoms with Crippen molar-refractivity contribution >= 4 is 37.8 Å². The van der Waals surface area contributed by atoms with Crippen molar-refractivity contribution in [1.82, 2.24) is 9.97 Å². The fraction of sp³-hybridized carbons (Fsp3) is 0. The fourth-order valence-corrected chi connectivity index (χ4v) is 2.79. The van der Waals surface area contributed by atoms with Gasteiger partial charge in [-0.3, -0.25) is 4.79 Å².